The van der Waals surface area contributed by atoms with Crippen LogP contribution < -0.4 is 0 Å². The molecule has 1 aliphatic carbocycles. The fraction of sp³-hybridized carbons (Fsp3) is 0.312. The van der Waals surface area contributed by atoms with E-state index in [4.69, 9.17) is 11.6 Å². The Morgan fingerprint density at radius 2 is 2.11 bits per heavy atom. The van der Waals surface area contributed by atoms with Crippen molar-refractivity contribution in [3.63, 3.8) is 0 Å². The number of ketones is 1. The molecule has 0 spiro atoms. The fourth-order valence-electron chi connectivity index (χ4n) is 2.94. The van der Waals surface area contributed by atoms with Crippen LogP contribution in [-0.2, 0) is 6.42 Å². The van der Waals surface area contributed by atoms with Gasteiger partial charge in [-0.05, 0) is 53.6 Å². The zero-order chi connectivity index (χ0) is 12.7. The summed E-state index contributed by atoms with van der Waals surface area (Å²) in [6.45, 7) is 1.61. The van der Waals surface area contributed by atoms with Crippen LogP contribution in [0.4, 0.5) is 0 Å². The largest absolute Gasteiger partial charge is 0.295 e. The molecule has 0 heterocycles. The van der Waals surface area contributed by atoms with Crippen molar-refractivity contribution in [3.05, 3.63) is 47.0 Å². The lowest BCUT2D eigenvalue weighted by molar-refractivity contribution is 0.101. The number of fused-ring (bicyclic) bond motifs is 3. The van der Waals surface area contributed by atoms with Crippen LogP contribution in [-0.4, -0.2) is 11.7 Å². The van der Waals surface area contributed by atoms with Gasteiger partial charge in [-0.3, -0.25) is 4.79 Å². The van der Waals surface area contributed by atoms with E-state index in [1.54, 1.807) is 6.92 Å². The third-order valence-electron chi connectivity index (χ3n) is 3.92. The zero-order valence-electron chi connectivity index (χ0n) is 10.4. The summed E-state index contributed by atoms with van der Waals surface area (Å²) >= 11 is 6.07. The molecule has 0 fully saturated rings. The molecule has 0 amide bonds. The maximum atomic E-state index is 11.5. The van der Waals surface area contributed by atoms with Crippen molar-refractivity contribution >= 4 is 28.2 Å². The number of hydrogen-bond acceptors (Lipinski definition) is 1. The highest BCUT2D eigenvalue weighted by molar-refractivity contribution is 6.18. The van der Waals surface area contributed by atoms with E-state index in [9.17, 15) is 4.79 Å². The summed E-state index contributed by atoms with van der Waals surface area (Å²) in [6, 6.07) is 10.3. The van der Waals surface area contributed by atoms with Crippen molar-refractivity contribution < 1.29 is 4.79 Å². The lowest BCUT2D eigenvalue weighted by atomic mass is 9.94. The minimum Gasteiger partial charge on any atom is -0.295 e. The van der Waals surface area contributed by atoms with Gasteiger partial charge in [-0.15, -0.1) is 11.6 Å². The lowest BCUT2D eigenvalue weighted by Gasteiger charge is -2.12. The summed E-state index contributed by atoms with van der Waals surface area (Å²) in [5.41, 5.74) is 3.55. The molecule has 2 heteroatoms. The van der Waals surface area contributed by atoms with Gasteiger partial charge in [0.05, 0.1) is 0 Å². The van der Waals surface area contributed by atoms with Crippen LogP contribution >= 0.6 is 11.6 Å². The highest BCUT2D eigenvalue weighted by Crippen LogP contribution is 2.39. The Bertz CT molecular complexity index is 630. The Labute approximate surface area is 112 Å². The molecule has 0 aromatic heterocycles. The number of carbonyl (C=O) groups excluding carboxylic acids is 1. The van der Waals surface area contributed by atoms with E-state index >= 15 is 0 Å². The second-order valence-corrected chi connectivity index (χ2v) is 5.33. The van der Waals surface area contributed by atoms with Gasteiger partial charge in [-0.2, -0.15) is 0 Å². The highest BCUT2D eigenvalue weighted by Gasteiger charge is 2.24. The normalized spacial score (nSPS) is 18.0. The van der Waals surface area contributed by atoms with Crippen LogP contribution in [0.2, 0.25) is 0 Å². The molecule has 0 N–H and O–H groups in total. The first kappa shape index (κ1) is 11.7. The third-order valence-corrected chi connectivity index (χ3v) is 4.29. The third kappa shape index (κ3) is 1.74. The molecule has 92 valence electrons. The monoisotopic (exact) mass is 258 g/mol. The van der Waals surface area contributed by atoms with Gasteiger partial charge in [0.2, 0.25) is 0 Å². The van der Waals surface area contributed by atoms with Gasteiger partial charge in [-0.25, -0.2) is 0 Å². The van der Waals surface area contributed by atoms with Gasteiger partial charge in [-0.1, -0.05) is 24.3 Å². The van der Waals surface area contributed by atoms with Crippen LogP contribution in [0.1, 0.15) is 40.7 Å². The molecule has 1 atom stereocenters. The van der Waals surface area contributed by atoms with Crippen molar-refractivity contribution in [1.82, 2.24) is 0 Å². The van der Waals surface area contributed by atoms with Crippen LogP contribution in [0.15, 0.2) is 30.3 Å². The summed E-state index contributed by atoms with van der Waals surface area (Å²) in [5, 5.41) is 2.42. The Morgan fingerprint density at radius 1 is 1.33 bits per heavy atom. The minimum absolute atomic E-state index is 0.120. The van der Waals surface area contributed by atoms with E-state index in [1.807, 2.05) is 18.2 Å². The topological polar surface area (TPSA) is 17.1 Å². The average Bonchev–Trinajstić information content (AvgIpc) is 2.81. The first-order valence-electron chi connectivity index (χ1n) is 6.33. The summed E-state index contributed by atoms with van der Waals surface area (Å²) < 4.78 is 0. The second kappa shape index (κ2) is 4.40. The number of halogens is 1. The molecule has 2 aromatic carbocycles. The van der Waals surface area contributed by atoms with E-state index in [2.05, 4.69) is 12.1 Å². The van der Waals surface area contributed by atoms with Gasteiger partial charge in [0.15, 0.2) is 5.78 Å². The second-order valence-electron chi connectivity index (χ2n) is 5.02. The summed E-state index contributed by atoms with van der Waals surface area (Å²) in [7, 11) is 0. The molecule has 1 aliphatic rings. The Balaban J connectivity index is 2.29. The van der Waals surface area contributed by atoms with Crippen molar-refractivity contribution in [2.75, 3.05) is 5.88 Å². The Morgan fingerprint density at radius 3 is 2.83 bits per heavy atom. The smallest absolute Gasteiger partial charge is 0.159 e. The molecule has 0 saturated heterocycles. The van der Waals surface area contributed by atoms with Crippen LogP contribution in [0.5, 0.6) is 0 Å². The van der Waals surface area contributed by atoms with E-state index in [-0.39, 0.29) is 5.78 Å². The van der Waals surface area contributed by atoms with Crippen molar-refractivity contribution in [2.45, 2.75) is 25.7 Å². The molecule has 1 unspecified atom stereocenters. The Kier molecular flexibility index (Phi) is 2.87. The number of benzene rings is 2. The number of carbonyl (C=O) groups is 1. The van der Waals surface area contributed by atoms with Gasteiger partial charge >= 0.3 is 0 Å². The fourth-order valence-corrected chi connectivity index (χ4v) is 3.24. The number of aryl methyl sites for hydroxylation is 1. The molecule has 18 heavy (non-hydrogen) atoms. The van der Waals surface area contributed by atoms with Crippen LogP contribution in [0.3, 0.4) is 0 Å². The number of hydrogen-bond donors (Lipinski definition) is 0. The highest BCUT2D eigenvalue weighted by atomic mass is 35.5. The van der Waals surface area contributed by atoms with E-state index in [0.29, 0.717) is 11.8 Å². The first-order chi connectivity index (χ1) is 8.70. The number of rotatable bonds is 2. The number of Topliss-reactive ketones (excluding diaryl/α,β-unsaturated/α-hetero) is 1. The molecule has 0 aliphatic heterocycles. The Hall–Kier alpha value is -1.34. The van der Waals surface area contributed by atoms with E-state index in [1.165, 1.54) is 21.9 Å². The van der Waals surface area contributed by atoms with Crippen LogP contribution in [0, 0.1) is 0 Å². The molecule has 0 radical (unpaired) electrons. The summed E-state index contributed by atoms with van der Waals surface area (Å²) in [5.74, 6) is 1.22. The van der Waals surface area contributed by atoms with Crippen molar-refractivity contribution in [1.29, 1.82) is 0 Å². The SMILES string of the molecule is CC(=O)c1ccc2ccc3c(c2c1)C(CCl)CC3. The van der Waals surface area contributed by atoms with Gasteiger partial charge in [0.25, 0.3) is 0 Å². The molecule has 2 aromatic rings. The molecular weight excluding hydrogens is 244 g/mol. The van der Waals surface area contributed by atoms with Gasteiger partial charge in [0, 0.05) is 11.4 Å². The predicted molar refractivity (Wildman–Crippen MR) is 75.7 cm³/mol. The van der Waals surface area contributed by atoms with Crippen molar-refractivity contribution in [3.8, 4) is 0 Å². The first-order valence-corrected chi connectivity index (χ1v) is 6.86. The maximum absolute atomic E-state index is 11.5. The number of alkyl halides is 1. The molecule has 0 saturated carbocycles. The molecule has 1 nitrogen and oxygen atoms in total. The summed E-state index contributed by atoms with van der Waals surface area (Å²) in [4.78, 5) is 11.5. The zero-order valence-corrected chi connectivity index (χ0v) is 11.1. The maximum Gasteiger partial charge on any atom is 0.159 e. The average molecular weight is 259 g/mol. The molecule has 0 bridgehead atoms. The lowest BCUT2D eigenvalue weighted by Crippen LogP contribution is -1.98. The van der Waals surface area contributed by atoms with E-state index in [0.717, 1.165) is 18.4 Å². The van der Waals surface area contributed by atoms with E-state index < -0.39 is 0 Å². The van der Waals surface area contributed by atoms with Crippen LogP contribution in [0.25, 0.3) is 10.8 Å². The molecular formula is C16H15ClO. The minimum atomic E-state index is 0.120. The van der Waals surface area contributed by atoms with Crippen molar-refractivity contribution in [2.24, 2.45) is 0 Å². The quantitative estimate of drug-likeness (QED) is 0.579. The van der Waals surface area contributed by atoms with Gasteiger partial charge < -0.3 is 0 Å². The summed E-state index contributed by atoms with van der Waals surface area (Å²) in [6.07, 6.45) is 2.23. The predicted octanol–water partition coefficient (Wildman–Crippen LogP) is 4.31. The van der Waals surface area contributed by atoms with Gasteiger partial charge in [0.1, 0.15) is 0 Å². The standard InChI is InChI=1S/C16H15ClO/c1-10(18)13-6-3-11-2-4-12-5-7-14(9-17)16(12)15(11)8-13/h2-4,6,8,14H,5,7,9H2,1H3. The molecule has 3 rings (SSSR count).